The summed E-state index contributed by atoms with van der Waals surface area (Å²) in [6, 6.07) is 6.13. The summed E-state index contributed by atoms with van der Waals surface area (Å²) in [7, 11) is 0. The lowest BCUT2D eigenvalue weighted by Gasteiger charge is -2.15. The molecule has 0 fully saturated rings. The number of benzene rings is 1. The summed E-state index contributed by atoms with van der Waals surface area (Å²) in [6.45, 7) is 0. The Hall–Kier alpha value is -2.37. The maximum Gasteiger partial charge on any atom is 0.303 e. The maximum atomic E-state index is 10.7. The normalized spacial score (nSPS) is 10.7. The van der Waals surface area contributed by atoms with Crippen LogP contribution >= 0.6 is 0 Å². The van der Waals surface area contributed by atoms with Crippen molar-refractivity contribution >= 4 is 17.9 Å². The average Bonchev–Trinajstić information content (AvgIpc) is 2.60. The second-order valence-electron chi connectivity index (χ2n) is 6.86. The number of carboxylic acids is 3. The zero-order chi connectivity index (χ0) is 20.1. The molecule has 27 heavy (non-hydrogen) atoms. The van der Waals surface area contributed by atoms with Crippen molar-refractivity contribution < 1.29 is 29.7 Å². The summed E-state index contributed by atoms with van der Waals surface area (Å²) in [4.78, 5) is 32.0. The predicted octanol–water partition coefficient (Wildman–Crippen LogP) is 4.08. The van der Waals surface area contributed by atoms with Gasteiger partial charge in [-0.05, 0) is 74.5 Å². The molecule has 6 heteroatoms. The van der Waals surface area contributed by atoms with Gasteiger partial charge in [0.1, 0.15) is 0 Å². The van der Waals surface area contributed by atoms with E-state index in [0.717, 1.165) is 38.5 Å². The van der Waals surface area contributed by atoms with Crippen molar-refractivity contribution in [3.63, 3.8) is 0 Å². The van der Waals surface area contributed by atoms with E-state index >= 15 is 0 Å². The second-order valence-corrected chi connectivity index (χ2v) is 6.86. The van der Waals surface area contributed by atoms with Gasteiger partial charge >= 0.3 is 17.9 Å². The van der Waals surface area contributed by atoms with Gasteiger partial charge in [0.2, 0.25) is 0 Å². The van der Waals surface area contributed by atoms with Crippen LogP contribution in [0.1, 0.15) is 74.5 Å². The van der Waals surface area contributed by atoms with Gasteiger partial charge in [-0.1, -0.05) is 18.2 Å². The standard InChI is InChI=1S/C21H30O6/c22-19(23)13-4-1-8-16-10-7-11-17(9-2-5-14-20(24)25)18(16)12-3-6-15-21(26)27/h7,10-11H,1-6,8-9,12-15H2,(H,22,23)(H,24,25)(H,26,27). The minimum Gasteiger partial charge on any atom is -0.481 e. The van der Waals surface area contributed by atoms with Crippen LogP contribution in [0, 0.1) is 0 Å². The fourth-order valence-corrected chi connectivity index (χ4v) is 3.24. The highest BCUT2D eigenvalue weighted by molar-refractivity contribution is 5.67. The molecule has 3 N–H and O–H groups in total. The van der Waals surface area contributed by atoms with E-state index in [1.54, 1.807) is 0 Å². The minimum atomic E-state index is -0.786. The largest absolute Gasteiger partial charge is 0.481 e. The Labute approximate surface area is 160 Å². The second kappa shape index (κ2) is 12.9. The molecular formula is C21H30O6. The molecule has 0 aromatic heterocycles. The lowest BCUT2D eigenvalue weighted by molar-refractivity contribution is -0.138. The number of hydrogen-bond acceptors (Lipinski definition) is 3. The highest BCUT2D eigenvalue weighted by Crippen LogP contribution is 2.22. The van der Waals surface area contributed by atoms with Crippen LogP contribution in [0.4, 0.5) is 0 Å². The average molecular weight is 378 g/mol. The summed E-state index contributed by atoms with van der Waals surface area (Å²) in [5.74, 6) is -2.35. The van der Waals surface area contributed by atoms with Gasteiger partial charge < -0.3 is 15.3 Å². The van der Waals surface area contributed by atoms with E-state index < -0.39 is 17.9 Å². The number of aryl methyl sites for hydroxylation is 2. The maximum absolute atomic E-state index is 10.7. The number of carbonyl (C=O) groups is 3. The number of unbranched alkanes of at least 4 members (excludes halogenated alkanes) is 3. The van der Waals surface area contributed by atoms with Crippen LogP contribution in [0.15, 0.2) is 18.2 Å². The smallest absolute Gasteiger partial charge is 0.303 e. The summed E-state index contributed by atoms with van der Waals surface area (Å²) in [5, 5.41) is 26.3. The SMILES string of the molecule is O=C(O)CCCCc1cccc(CCCCC(=O)O)c1CCCCC(=O)O. The number of hydrogen-bond donors (Lipinski definition) is 3. The molecule has 0 aliphatic carbocycles. The van der Waals surface area contributed by atoms with E-state index in [9.17, 15) is 14.4 Å². The lowest BCUT2D eigenvalue weighted by atomic mass is 9.90. The van der Waals surface area contributed by atoms with E-state index in [4.69, 9.17) is 15.3 Å². The highest BCUT2D eigenvalue weighted by atomic mass is 16.4. The van der Waals surface area contributed by atoms with E-state index in [1.807, 2.05) is 6.07 Å². The molecule has 0 radical (unpaired) electrons. The molecule has 6 nitrogen and oxygen atoms in total. The van der Waals surface area contributed by atoms with Gasteiger partial charge in [-0.25, -0.2) is 0 Å². The number of carboxylic acid groups (broad SMARTS) is 3. The highest BCUT2D eigenvalue weighted by Gasteiger charge is 2.10. The number of rotatable bonds is 15. The minimum absolute atomic E-state index is 0.161. The Balaban J connectivity index is 2.72. The van der Waals surface area contributed by atoms with Crippen LogP contribution in [0.5, 0.6) is 0 Å². The molecule has 0 bridgehead atoms. The fraction of sp³-hybridized carbons (Fsp3) is 0.571. The van der Waals surface area contributed by atoms with E-state index in [2.05, 4.69) is 12.1 Å². The molecule has 0 aliphatic heterocycles. The van der Waals surface area contributed by atoms with Crippen LogP contribution in [0.2, 0.25) is 0 Å². The summed E-state index contributed by atoms with van der Waals surface area (Å²) >= 11 is 0. The van der Waals surface area contributed by atoms with Crippen molar-refractivity contribution in [1.29, 1.82) is 0 Å². The van der Waals surface area contributed by atoms with Crippen molar-refractivity contribution in [2.75, 3.05) is 0 Å². The van der Waals surface area contributed by atoms with Crippen molar-refractivity contribution in [2.24, 2.45) is 0 Å². The third kappa shape index (κ3) is 10.4. The Morgan fingerprint density at radius 2 is 0.963 bits per heavy atom. The molecule has 0 spiro atoms. The molecule has 0 saturated carbocycles. The van der Waals surface area contributed by atoms with Crippen molar-refractivity contribution in [3.8, 4) is 0 Å². The first-order chi connectivity index (χ1) is 12.9. The molecular weight excluding hydrogens is 348 g/mol. The molecule has 1 aromatic carbocycles. The molecule has 0 saturated heterocycles. The van der Waals surface area contributed by atoms with Crippen LogP contribution in [-0.4, -0.2) is 33.2 Å². The van der Waals surface area contributed by atoms with Gasteiger partial charge in [-0.2, -0.15) is 0 Å². The van der Waals surface area contributed by atoms with Crippen molar-refractivity contribution in [1.82, 2.24) is 0 Å². The fourth-order valence-electron chi connectivity index (χ4n) is 3.24. The van der Waals surface area contributed by atoms with Gasteiger partial charge in [0, 0.05) is 19.3 Å². The lowest BCUT2D eigenvalue weighted by Crippen LogP contribution is -2.04. The van der Waals surface area contributed by atoms with E-state index in [0.29, 0.717) is 19.3 Å². The van der Waals surface area contributed by atoms with Gasteiger partial charge in [-0.3, -0.25) is 14.4 Å². The van der Waals surface area contributed by atoms with E-state index in [1.165, 1.54) is 16.7 Å². The van der Waals surface area contributed by atoms with E-state index in [-0.39, 0.29) is 19.3 Å². The molecule has 0 unspecified atom stereocenters. The van der Waals surface area contributed by atoms with Gasteiger partial charge in [0.15, 0.2) is 0 Å². The molecule has 0 amide bonds. The third-order valence-electron chi connectivity index (χ3n) is 4.61. The monoisotopic (exact) mass is 378 g/mol. The zero-order valence-corrected chi connectivity index (χ0v) is 15.8. The summed E-state index contributed by atoms with van der Waals surface area (Å²) in [6.07, 6.45) is 7.22. The van der Waals surface area contributed by atoms with Crippen LogP contribution in [-0.2, 0) is 33.6 Å². The topological polar surface area (TPSA) is 112 Å². The Morgan fingerprint density at radius 3 is 1.33 bits per heavy atom. The number of aliphatic carboxylic acids is 3. The van der Waals surface area contributed by atoms with Gasteiger partial charge in [-0.15, -0.1) is 0 Å². The van der Waals surface area contributed by atoms with Crippen LogP contribution in [0.3, 0.4) is 0 Å². The Kier molecular flexibility index (Phi) is 10.8. The first-order valence-corrected chi connectivity index (χ1v) is 9.65. The first-order valence-electron chi connectivity index (χ1n) is 9.65. The molecule has 0 heterocycles. The molecule has 1 aromatic rings. The Bertz CT molecular complexity index is 583. The predicted molar refractivity (Wildman–Crippen MR) is 102 cm³/mol. The summed E-state index contributed by atoms with van der Waals surface area (Å²) < 4.78 is 0. The van der Waals surface area contributed by atoms with Gasteiger partial charge in [0.25, 0.3) is 0 Å². The first kappa shape index (κ1) is 22.7. The quantitative estimate of drug-likeness (QED) is 0.397. The molecule has 0 atom stereocenters. The molecule has 150 valence electrons. The van der Waals surface area contributed by atoms with Crippen LogP contribution in [0.25, 0.3) is 0 Å². The summed E-state index contributed by atoms with van der Waals surface area (Å²) in [5.41, 5.74) is 3.63. The van der Waals surface area contributed by atoms with Crippen LogP contribution < -0.4 is 0 Å². The molecule has 0 aliphatic rings. The molecule has 1 rings (SSSR count). The van der Waals surface area contributed by atoms with Crippen molar-refractivity contribution in [2.45, 2.75) is 77.0 Å². The Morgan fingerprint density at radius 1 is 0.593 bits per heavy atom. The third-order valence-corrected chi connectivity index (χ3v) is 4.61. The zero-order valence-electron chi connectivity index (χ0n) is 15.8. The van der Waals surface area contributed by atoms with Crippen molar-refractivity contribution in [3.05, 3.63) is 34.9 Å². The van der Waals surface area contributed by atoms with Gasteiger partial charge in [0.05, 0.1) is 0 Å².